The molecule has 0 heterocycles. The second-order valence-electron chi connectivity index (χ2n) is 15.1. The highest BCUT2D eigenvalue weighted by Gasteiger charge is 2.19. The lowest BCUT2D eigenvalue weighted by Crippen LogP contribution is -2.30. The van der Waals surface area contributed by atoms with Gasteiger partial charge in [-0.15, -0.1) is 0 Å². The first-order chi connectivity index (χ1) is 23.8. The zero-order chi connectivity index (χ0) is 36.2. The third-order valence-corrected chi connectivity index (χ3v) is 10.2. The Bertz CT molecular complexity index is 753. The van der Waals surface area contributed by atoms with Gasteiger partial charge in [0.2, 0.25) is 0 Å². The molecule has 0 rings (SSSR count). The molecular weight excluding hydrogens is 612 g/mol. The summed E-state index contributed by atoms with van der Waals surface area (Å²) in [5.41, 5.74) is 0. The molecule has 3 atom stereocenters. The zero-order valence-electron chi connectivity index (χ0n) is 33.3. The summed E-state index contributed by atoms with van der Waals surface area (Å²) in [6.45, 7) is 11.3. The second kappa shape index (κ2) is 36.2. The summed E-state index contributed by atoms with van der Waals surface area (Å²) in [5, 5.41) is 0. The van der Waals surface area contributed by atoms with Crippen LogP contribution in [-0.4, -0.2) is 37.2 Å². The summed E-state index contributed by atoms with van der Waals surface area (Å²) in [7, 11) is 0. The highest BCUT2D eigenvalue weighted by atomic mass is 16.6. The number of ether oxygens (including phenoxy) is 3. The van der Waals surface area contributed by atoms with E-state index in [1.807, 2.05) is 0 Å². The largest absolute Gasteiger partial charge is 0.462 e. The molecule has 0 saturated carbocycles. The fourth-order valence-corrected chi connectivity index (χ4v) is 6.16. The van der Waals surface area contributed by atoms with E-state index in [2.05, 4.69) is 34.6 Å². The average Bonchev–Trinajstić information content (AvgIpc) is 3.10. The van der Waals surface area contributed by atoms with E-state index in [1.165, 1.54) is 116 Å². The summed E-state index contributed by atoms with van der Waals surface area (Å²) < 4.78 is 16.6. The zero-order valence-corrected chi connectivity index (χ0v) is 33.3. The van der Waals surface area contributed by atoms with Crippen LogP contribution in [0.2, 0.25) is 0 Å². The standard InChI is InChI=1S/C43H82O6/c1-6-9-10-11-12-13-14-15-16-23-28-33-41(44)47-36-40(49-43(46)35-30-25-20-18-22-27-32-39(5)8-3)37-48-42(45)34-29-24-19-17-21-26-31-38(4)7-2/h38-40H,6-37H2,1-5H3/t38?,39?,40-/m0/s1. The van der Waals surface area contributed by atoms with Gasteiger partial charge in [-0.25, -0.2) is 0 Å². The molecule has 290 valence electrons. The predicted molar refractivity (Wildman–Crippen MR) is 206 cm³/mol. The summed E-state index contributed by atoms with van der Waals surface area (Å²) in [4.78, 5) is 37.5. The molecule has 0 fully saturated rings. The summed E-state index contributed by atoms with van der Waals surface area (Å²) in [6, 6.07) is 0. The summed E-state index contributed by atoms with van der Waals surface area (Å²) >= 11 is 0. The molecule has 0 aliphatic rings. The molecule has 0 aliphatic heterocycles. The molecule has 0 radical (unpaired) electrons. The van der Waals surface area contributed by atoms with Crippen molar-refractivity contribution in [3.05, 3.63) is 0 Å². The van der Waals surface area contributed by atoms with Gasteiger partial charge in [-0.05, 0) is 31.1 Å². The first-order valence-corrected chi connectivity index (χ1v) is 21.3. The van der Waals surface area contributed by atoms with Crippen molar-refractivity contribution in [1.82, 2.24) is 0 Å². The van der Waals surface area contributed by atoms with Gasteiger partial charge >= 0.3 is 17.9 Å². The number of carbonyl (C=O) groups excluding carboxylic acids is 3. The van der Waals surface area contributed by atoms with E-state index in [0.717, 1.165) is 69.6 Å². The van der Waals surface area contributed by atoms with Crippen molar-refractivity contribution >= 4 is 17.9 Å². The van der Waals surface area contributed by atoms with E-state index in [1.54, 1.807) is 0 Å². The SMILES string of the molecule is CCCCCCCCCCCCCC(=O)OC[C@@H](COC(=O)CCCCCCCCC(C)CC)OC(=O)CCCCCCCCC(C)CC. The fourth-order valence-electron chi connectivity index (χ4n) is 6.16. The van der Waals surface area contributed by atoms with Gasteiger partial charge in [0.25, 0.3) is 0 Å². The van der Waals surface area contributed by atoms with E-state index in [9.17, 15) is 14.4 Å². The molecule has 0 aromatic carbocycles. The topological polar surface area (TPSA) is 78.9 Å². The van der Waals surface area contributed by atoms with Gasteiger partial charge < -0.3 is 14.2 Å². The van der Waals surface area contributed by atoms with Crippen LogP contribution in [0.3, 0.4) is 0 Å². The van der Waals surface area contributed by atoms with Gasteiger partial charge in [-0.1, -0.05) is 189 Å². The van der Waals surface area contributed by atoms with Gasteiger partial charge in [-0.2, -0.15) is 0 Å². The van der Waals surface area contributed by atoms with Crippen LogP contribution < -0.4 is 0 Å². The Labute approximate surface area is 304 Å². The molecular formula is C43H82O6. The van der Waals surface area contributed by atoms with Crippen LogP contribution in [0, 0.1) is 11.8 Å². The van der Waals surface area contributed by atoms with Gasteiger partial charge in [0.05, 0.1) is 0 Å². The lowest BCUT2D eigenvalue weighted by molar-refractivity contribution is -0.167. The van der Waals surface area contributed by atoms with Crippen molar-refractivity contribution in [2.45, 2.75) is 233 Å². The van der Waals surface area contributed by atoms with Crippen LogP contribution in [0.1, 0.15) is 227 Å². The highest BCUT2D eigenvalue weighted by molar-refractivity contribution is 5.71. The van der Waals surface area contributed by atoms with Crippen LogP contribution in [0.4, 0.5) is 0 Å². The molecule has 0 N–H and O–H groups in total. The van der Waals surface area contributed by atoms with Crippen LogP contribution in [0.25, 0.3) is 0 Å². The molecule has 0 amide bonds. The Morgan fingerprint density at radius 1 is 0.408 bits per heavy atom. The maximum Gasteiger partial charge on any atom is 0.306 e. The number of hydrogen-bond acceptors (Lipinski definition) is 6. The van der Waals surface area contributed by atoms with Crippen LogP contribution >= 0.6 is 0 Å². The van der Waals surface area contributed by atoms with Gasteiger partial charge in [0, 0.05) is 19.3 Å². The van der Waals surface area contributed by atoms with E-state index in [-0.39, 0.29) is 31.1 Å². The van der Waals surface area contributed by atoms with Crippen molar-refractivity contribution < 1.29 is 28.6 Å². The smallest absolute Gasteiger partial charge is 0.306 e. The Hall–Kier alpha value is -1.59. The molecule has 0 saturated heterocycles. The van der Waals surface area contributed by atoms with Crippen molar-refractivity contribution in [2.24, 2.45) is 11.8 Å². The Balaban J connectivity index is 4.38. The minimum atomic E-state index is -0.760. The van der Waals surface area contributed by atoms with Crippen LogP contribution in [0.5, 0.6) is 0 Å². The summed E-state index contributed by atoms with van der Waals surface area (Å²) in [6.07, 6.45) is 32.3. The van der Waals surface area contributed by atoms with E-state index >= 15 is 0 Å². The summed E-state index contributed by atoms with van der Waals surface area (Å²) in [5.74, 6) is 0.756. The van der Waals surface area contributed by atoms with E-state index in [4.69, 9.17) is 14.2 Å². The monoisotopic (exact) mass is 695 g/mol. The number of hydrogen-bond donors (Lipinski definition) is 0. The minimum absolute atomic E-state index is 0.0668. The highest BCUT2D eigenvalue weighted by Crippen LogP contribution is 2.17. The van der Waals surface area contributed by atoms with Crippen molar-refractivity contribution in [3.63, 3.8) is 0 Å². The Kier molecular flexibility index (Phi) is 35.0. The maximum absolute atomic E-state index is 12.6. The Morgan fingerprint density at radius 3 is 1.06 bits per heavy atom. The lowest BCUT2D eigenvalue weighted by atomic mass is 10.00. The number of unbranched alkanes of at least 4 members (excludes halogenated alkanes) is 20. The van der Waals surface area contributed by atoms with E-state index in [0.29, 0.717) is 19.3 Å². The number of carbonyl (C=O) groups is 3. The van der Waals surface area contributed by atoms with Crippen molar-refractivity contribution in [3.8, 4) is 0 Å². The molecule has 0 aromatic heterocycles. The maximum atomic E-state index is 12.6. The predicted octanol–water partition coefficient (Wildman–Crippen LogP) is 13.0. The molecule has 2 unspecified atom stereocenters. The van der Waals surface area contributed by atoms with Crippen molar-refractivity contribution in [2.75, 3.05) is 13.2 Å². The Morgan fingerprint density at radius 2 is 0.714 bits per heavy atom. The first kappa shape index (κ1) is 47.4. The van der Waals surface area contributed by atoms with Gasteiger partial charge in [0.1, 0.15) is 13.2 Å². The molecule has 49 heavy (non-hydrogen) atoms. The third kappa shape index (κ3) is 34.6. The first-order valence-electron chi connectivity index (χ1n) is 21.3. The molecule has 0 spiro atoms. The quantitative estimate of drug-likeness (QED) is 0.0366. The third-order valence-electron chi connectivity index (χ3n) is 10.2. The molecule has 6 heteroatoms. The van der Waals surface area contributed by atoms with E-state index < -0.39 is 6.10 Å². The van der Waals surface area contributed by atoms with Crippen molar-refractivity contribution in [1.29, 1.82) is 0 Å². The lowest BCUT2D eigenvalue weighted by Gasteiger charge is -2.18. The van der Waals surface area contributed by atoms with Crippen LogP contribution in [0.15, 0.2) is 0 Å². The molecule has 6 nitrogen and oxygen atoms in total. The normalized spacial score (nSPS) is 13.2. The number of esters is 3. The molecule has 0 bridgehead atoms. The molecule has 0 aromatic rings. The minimum Gasteiger partial charge on any atom is -0.462 e. The number of rotatable bonds is 37. The second-order valence-corrected chi connectivity index (χ2v) is 15.1. The van der Waals surface area contributed by atoms with Gasteiger partial charge in [0.15, 0.2) is 6.10 Å². The molecule has 0 aliphatic carbocycles. The fraction of sp³-hybridized carbons (Fsp3) is 0.930. The van der Waals surface area contributed by atoms with Crippen LogP contribution in [-0.2, 0) is 28.6 Å². The average molecular weight is 695 g/mol. The van der Waals surface area contributed by atoms with Gasteiger partial charge in [-0.3, -0.25) is 14.4 Å².